The van der Waals surface area contributed by atoms with Crippen molar-refractivity contribution in [3.8, 4) is 0 Å². The zero-order valence-electron chi connectivity index (χ0n) is 15.1. The van der Waals surface area contributed by atoms with Crippen LogP contribution in [0.1, 0.15) is 11.9 Å². The van der Waals surface area contributed by atoms with Crippen molar-refractivity contribution in [3.05, 3.63) is 54.5 Å². The van der Waals surface area contributed by atoms with Gasteiger partial charge < -0.3 is 4.57 Å². The summed E-state index contributed by atoms with van der Waals surface area (Å²) in [5.74, 6) is 0.393. The quantitative estimate of drug-likeness (QED) is 0.683. The van der Waals surface area contributed by atoms with Crippen LogP contribution < -0.4 is 0 Å². The summed E-state index contributed by atoms with van der Waals surface area (Å²) in [6.45, 7) is 1.26. The Balaban J connectivity index is 1.68. The molecule has 1 fully saturated rings. The standard InChI is InChI=1S/C18H20FN5O2S/c1-22-7-8-24(12-17(22)18-20-5-6-23(18)2)27(25,26)15-10-13-9-14(19)3-4-16(13)21-11-15/h3-6,9-11,17H,7-8,12H2,1-2H3. The first kappa shape index (κ1) is 18.0. The third-order valence-electron chi connectivity index (χ3n) is 5.02. The monoisotopic (exact) mass is 389 g/mol. The molecule has 3 aromatic rings. The first-order valence-electron chi connectivity index (χ1n) is 8.59. The normalized spacial score (nSPS) is 19.6. The number of benzene rings is 1. The highest BCUT2D eigenvalue weighted by Crippen LogP contribution is 2.27. The summed E-state index contributed by atoms with van der Waals surface area (Å²) in [5.41, 5.74) is 0.555. The molecule has 0 spiro atoms. The molecule has 9 heteroatoms. The van der Waals surface area contributed by atoms with Crippen molar-refractivity contribution < 1.29 is 12.8 Å². The molecule has 0 bridgehead atoms. The molecule has 0 N–H and O–H groups in total. The van der Waals surface area contributed by atoms with Crippen molar-refractivity contribution in [2.24, 2.45) is 7.05 Å². The van der Waals surface area contributed by atoms with Gasteiger partial charge in [-0.1, -0.05) is 0 Å². The van der Waals surface area contributed by atoms with Crippen molar-refractivity contribution in [1.29, 1.82) is 0 Å². The van der Waals surface area contributed by atoms with E-state index < -0.39 is 15.8 Å². The van der Waals surface area contributed by atoms with Gasteiger partial charge in [0.2, 0.25) is 10.0 Å². The van der Waals surface area contributed by atoms with Crippen LogP contribution in [0.25, 0.3) is 10.9 Å². The molecule has 0 saturated carbocycles. The molecule has 27 heavy (non-hydrogen) atoms. The van der Waals surface area contributed by atoms with Crippen LogP contribution in [0.3, 0.4) is 0 Å². The minimum Gasteiger partial charge on any atom is -0.337 e. The molecule has 1 aliphatic rings. The maximum absolute atomic E-state index is 13.5. The maximum atomic E-state index is 13.5. The summed E-state index contributed by atoms with van der Waals surface area (Å²) in [6.07, 6.45) is 4.89. The molecule has 0 radical (unpaired) electrons. The Morgan fingerprint density at radius 3 is 2.70 bits per heavy atom. The number of imidazole rings is 1. The van der Waals surface area contributed by atoms with Gasteiger partial charge in [-0.25, -0.2) is 17.8 Å². The van der Waals surface area contributed by atoms with E-state index in [0.717, 1.165) is 5.82 Å². The smallest absolute Gasteiger partial charge is 0.244 e. The van der Waals surface area contributed by atoms with Crippen LogP contribution in [0.5, 0.6) is 0 Å². The molecular formula is C18H20FN5O2S. The summed E-state index contributed by atoms with van der Waals surface area (Å²) in [7, 11) is 0.114. The predicted molar refractivity (Wildman–Crippen MR) is 99.0 cm³/mol. The Hall–Kier alpha value is -2.36. The Morgan fingerprint density at radius 2 is 1.96 bits per heavy atom. The van der Waals surface area contributed by atoms with Gasteiger partial charge in [-0.05, 0) is 31.3 Å². The molecule has 3 heterocycles. The van der Waals surface area contributed by atoms with Gasteiger partial charge in [-0.2, -0.15) is 4.31 Å². The van der Waals surface area contributed by atoms with Crippen LogP contribution in [0, 0.1) is 5.82 Å². The highest BCUT2D eigenvalue weighted by Gasteiger charge is 2.35. The highest BCUT2D eigenvalue weighted by atomic mass is 32.2. The number of pyridine rings is 1. The average molecular weight is 389 g/mol. The number of hydrogen-bond donors (Lipinski definition) is 0. The fourth-order valence-electron chi connectivity index (χ4n) is 3.42. The number of hydrogen-bond acceptors (Lipinski definition) is 5. The Kier molecular flexibility index (Phi) is 4.45. The van der Waals surface area contributed by atoms with Gasteiger partial charge in [0.1, 0.15) is 16.5 Å². The van der Waals surface area contributed by atoms with Crippen LogP contribution in [-0.4, -0.2) is 58.8 Å². The average Bonchev–Trinajstić information content (AvgIpc) is 3.07. The molecule has 1 atom stereocenters. The zero-order valence-corrected chi connectivity index (χ0v) is 15.9. The van der Waals surface area contributed by atoms with Crippen molar-refractivity contribution in [1.82, 2.24) is 23.7 Å². The largest absolute Gasteiger partial charge is 0.337 e. The lowest BCUT2D eigenvalue weighted by Crippen LogP contribution is -2.49. The third-order valence-corrected chi connectivity index (χ3v) is 6.85. The SMILES string of the molecule is CN1CCN(S(=O)(=O)c2cnc3ccc(F)cc3c2)CC1c1nccn1C. The summed E-state index contributed by atoms with van der Waals surface area (Å²) >= 11 is 0. The first-order valence-corrected chi connectivity index (χ1v) is 10.0. The van der Waals surface area contributed by atoms with E-state index in [0.29, 0.717) is 30.5 Å². The number of rotatable bonds is 3. The third kappa shape index (κ3) is 3.22. The van der Waals surface area contributed by atoms with Crippen LogP contribution in [-0.2, 0) is 17.1 Å². The lowest BCUT2D eigenvalue weighted by atomic mass is 10.2. The van der Waals surface area contributed by atoms with Crippen molar-refractivity contribution in [2.45, 2.75) is 10.9 Å². The topological polar surface area (TPSA) is 71.3 Å². The maximum Gasteiger partial charge on any atom is 0.244 e. The molecule has 7 nitrogen and oxygen atoms in total. The number of halogens is 1. The summed E-state index contributed by atoms with van der Waals surface area (Å²) in [4.78, 5) is 10.7. The number of piperazine rings is 1. The minimum atomic E-state index is -3.74. The summed E-state index contributed by atoms with van der Waals surface area (Å²) < 4.78 is 43.2. The van der Waals surface area contributed by atoms with Crippen molar-refractivity contribution >= 4 is 20.9 Å². The number of fused-ring (bicyclic) bond motifs is 1. The van der Waals surface area contributed by atoms with Gasteiger partial charge >= 0.3 is 0 Å². The fourth-order valence-corrected chi connectivity index (χ4v) is 4.84. The van der Waals surface area contributed by atoms with Gasteiger partial charge in [0.15, 0.2) is 0 Å². The van der Waals surface area contributed by atoms with Crippen molar-refractivity contribution in [2.75, 3.05) is 26.7 Å². The molecule has 2 aromatic heterocycles. The molecule has 4 rings (SSSR count). The van der Waals surface area contributed by atoms with Crippen LogP contribution >= 0.6 is 0 Å². The van der Waals surface area contributed by atoms with Crippen LogP contribution in [0.2, 0.25) is 0 Å². The number of aromatic nitrogens is 3. The molecule has 0 aliphatic carbocycles. The van der Waals surface area contributed by atoms with E-state index in [2.05, 4.69) is 14.9 Å². The molecule has 0 amide bonds. The van der Waals surface area contributed by atoms with Gasteiger partial charge in [-0.15, -0.1) is 0 Å². The van der Waals surface area contributed by atoms with Gasteiger partial charge in [-0.3, -0.25) is 9.88 Å². The highest BCUT2D eigenvalue weighted by molar-refractivity contribution is 7.89. The molecule has 1 unspecified atom stereocenters. The van der Waals surface area contributed by atoms with Gasteiger partial charge in [0, 0.05) is 50.7 Å². The molecule has 142 valence electrons. The van der Waals surface area contributed by atoms with E-state index in [1.165, 1.54) is 34.8 Å². The predicted octanol–water partition coefficient (Wildman–Crippen LogP) is 1.78. The molecule has 1 aromatic carbocycles. The van der Waals surface area contributed by atoms with Gasteiger partial charge in [0.25, 0.3) is 0 Å². The lowest BCUT2D eigenvalue weighted by Gasteiger charge is -2.38. The van der Waals surface area contributed by atoms with Gasteiger partial charge in [0.05, 0.1) is 11.6 Å². The molecule has 1 aliphatic heterocycles. The van der Waals surface area contributed by atoms with E-state index in [4.69, 9.17) is 0 Å². The van der Waals surface area contributed by atoms with E-state index in [-0.39, 0.29) is 10.9 Å². The summed E-state index contributed by atoms with van der Waals surface area (Å²) in [5, 5.41) is 0.464. The van der Waals surface area contributed by atoms with E-state index in [9.17, 15) is 12.8 Å². The van der Waals surface area contributed by atoms with Crippen LogP contribution in [0.15, 0.2) is 47.8 Å². The van der Waals surface area contributed by atoms with E-state index in [1.54, 1.807) is 6.20 Å². The zero-order chi connectivity index (χ0) is 19.2. The van der Waals surface area contributed by atoms with Crippen LogP contribution in [0.4, 0.5) is 4.39 Å². The summed E-state index contributed by atoms with van der Waals surface area (Å²) in [6, 6.07) is 5.48. The van der Waals surface area contributed by atoms with Crippen molar-refractivity contribution in [3.63, 3.8) is 0 Å². The minimum absolute atomic E-state index is 0.0729. The second kappa shape index (κ2) is 6.66. The second-order valence-corrected chi connectivity index (χ2v) is 8.70. The Bertz CT molecular complexity index is 1100. The fraction of sp³-hybridized carbons (Fsp3) is 0.333. The Morgan fingerprint density at radius 1 is 1.15 bits per heavy atom. The first-order chi connectivity index (χ1) is 12.9. The number of nitrogens with zero attached hydrogens (tertiary/aromatic N) is 5. The van der Waals surface area contributed by atoms with E-state index >= 15 is 0 Å². The number of aryl methyl sites for hydroxylation is 1. The lowest BCUT2D eigenvalue weighted by molar-refractivity contribution is 0.140. The molecule has 1 saturated heterocycles. The van der Waals surface area contributed by atoms with E-state index in [1.807, 2.05) is 24.9 Å². The number of sulfonamides is 1. The second-order valence-electron chi connectivity index (χ2n) is 6.76. The molecular weight excluding hydrogens is 369 g/mol. The Labute approximate surface area is 157 Å². The number of likely N-dealkylation sites (N-methyl/N-ethyl adjacent to an activating group) is 1.